The number of benzene rings is 1. The number of rotatable bonds is 3. The van der Waals surface area contributed by atoms with Crippen LogP contribution < -0.4 is 11.1 Å². The van der Waals surface area contributed by atoms with Crippen molar-refractivity contribution in [3.63, 3.8) is 0 Å². The van der Waals surface area contributed by atoms with Crippen LogP contribution in [0.3, 0.4) is 0 Å². The van der Waals surface area contributed by atoms with Gasteiger partial charge in [-0.3, -0.25) is 4.79 Å². The molecule has 3 N–H and O–H groups in total. The maximum atomic E-state index is 12.1. The van der Waals surface area contributed by atoms with Crippen molar-refractivity contribution >= 4 is 11.6 Å². The van der Waals surface area contributed by atoms with Crippen molar-refractivity contribution in [2.24, 2.45) is 5.73 Å². The number of aryl methyl sites for hydroxylation is 1. The second-order valence-electron chi connectivity index (χ2n) is 5.56. The van der Waals surface area contributed by atoms with E-state index in [1.807, 2.05) is 13.8 Å². The summed E-state index contributed by atoms with van der Waals surface area (Å²) in [4.78, 5) is 12.1. The fourth-order valence-electron chi connectivity index (χ4n) is 2.47. The molecule has 3 heteroatoms. The Kier molecular flexibility index (Phi) is 3.20. The van der Waals surface area contributed by atoms with Gasteiger partial charge in [0.25, 0.3) is 0 Å². The largest absolute Gasteiger partial charge is 0.325 e. The Morgan fingerprint density at radius 1 is 1.33 bits per heavy atom. The van der Waals surface area contributed by atoms with Gasteiger partial charge in [0.05, 0.1) is 5.41 Å². The predicted octanol–water partition coefficient (Wildman–Crippen LogP) is 2.89. The van der Waals surface area contributed by atoms with Crippen LogP contribution in [0.25, 0.3) is 0 Å². The number of amides is 1. The summed E-state index contributed by atoms with van der Waals surface area (Å²) in [6.45, 7) is 8.13. The fourth-order valence-corrected chi connectivity index (χ4v) is 2.47. The van der Waals surface area contributed by atoms with Crippen LogP contribution in [0.2, 0.25) is 0 Å². The molecule has 1 aromatic rings. The quantitative estimate of drug-likeness (QED) is 0.861. The summed E-state index contributed by atoms with van der Waals surface area (Å²) in [7, 11) is 0. The molecule has 1 aliphatic rings. The standard InChI is InChI=1S/C15H22N2O/c1-5-9-7-10(12(16)6-2)13-11(8-9)15(3,4)14(18)17-13/h7-8,12H,5-6,16H2,1-4H3,(H,17,18). The number of carbonyl (C=O) groups excluding carboxylic acids is 1. The van der Waals surface area contributed by atoms with E-state index >= 15 is 0 Å². The number of fused-ring (bicyclic) bond motifs is 1. The Morgan fingerprint density at radius 2 is 2.00 bits per heavy atom. The van der Waals surface area contributed by atoms with E-state index in [0.717, 1.165) is 29.7 Å². The third kappa shape index (κ3) is 1.83. The molecule has 1 aliphatic heterocycles. The molecule has 0 aliphatic carbocycles. The summed E-state index contributed by atoms with van der Waals surface area (Å²) >= 11 is 0. The van der Waals surface area contributed by atoms with Crippen molar-refractivity contribution in [3.8, 4) is 0 Å². The minimum absolute atomic E-state index is 0.0144. The first kappa shape index (κ1) is 13.1. The van der Waals surface area contributed by atoms with Gasteiger partial charge < -0.3 is 11.1 Å². The van der Waals surface area contributed by atoms with Crippen molar-refractivity contribution in [1.82, 2.24) is 0 Å². The number of nitrogens with two attached hydrogens (primary N) is 1. The van der Waals surface area contributed by atoms with Gasteiger partial charge in [0.1, 0.15) is 0 Å². The highest BCUT2D eigenvalue weighted by atomic mass is 16.2. The van der Waals surface area contributed by atoms with E-state index in [1.54, 1.807) is 0 Å². The third-order valence-corrected chi connectivity index (χ3v) is 3.96. The zero-order valence-electron chi connectivity index (χ0n) is 11.6. The molecule has 0 radical (unpaired) electrons. The van der Waals surface area contributed by atoms with Crippen LogP contribution >= 0.6 is 0 Å². The number of anilines is 1. The number of hydrogen-bond acceptors (Lipinski definition) is 2. The highest BCUT2D eigenvalue weighted by molar-refractivity contribution is 6.06. The van der Waals surface area contributed by atoms with E-state index in [0.29, 0.717) is 0 Å². The van der Waals surface area contributed by atoms with Crippen LogP contribution in [0.15, 0.2) is 12.1 Å². The summed E-state index contributed by atoms with van der Waals surface area (Å²) in [5.41, 5.74) is 10.1. The molecule has 1 heterocycles. The molecular formula is C15H22N2O. The van der Waals surface area contributed by atoms with Crippen molar-refractivity contribution in [2.75, 3.05) is 5.32 Å². The van der Waals surface area contributed by atoms with Crippen LogP contribution in [0.1, 0.15) is 56.8 Å². The van der Waals surface area contributed by atoms with Crippen molar-refractivity contribution in [1.29, 1.82) is 0 Å². The highest BCUT2D eigenvalue weighted by Gasteiger charge is 2.40. The third-order valence-electron chi connectivity index (χ3n) is 3.96. The summed E-state index contributed by atoms with van der Waals surface area (Å²) in [6.07, 6.45) is 1.83. The van der Waals surface area contributed by atoms with E-state index in [2.05, 4.69) is 31.3 Å². The molecule has 1 unspecified atom stereocenters. The smallest absolute Gasteiger partial charge is 0.234 e. The molecular weight excluding hydrogens is 224 g/mol. The first-order chi connectivity index (χ1) is 8.41. The Morgan fingerprint density at radius 3 is 2.56 bits per heavy atom. The van der Waals surface area contributed by atoms with Crippen molar-refractivity contribution in [2.45, 2.75) is 52.0 Å². The second kappa shape index (κ2) is 4.39. The van der Waals surface area contributed by atoms with Crippen molar-refractivity contribution < 1.29 is 4.79 Å². The molecule has 1 amide bonds. The Balaban J connectivity index is 2.65. The second-order valence-corrected chi connectivity index (χ2v) is 5.56. The van der Waals surface area contributed by atoms with Gasteiger partial charge in [-0.15, -0.1) is 0 Å². The van der Waals surface area contributed by atoms with E-state index in [1.165, 1.54) is 5.56 Å². The van der Waals surface area contributed by atoms with E-state index in [-0.39, 0.29) is 11.9 Å². The van der Waals surface area contributed by atoms with Crippen LogP contribution in [0, 0.1) is 0 Å². The molecule has 98 valence electrons. The molecule has 1 aromatic carbocycles. The van der Waals surface area contributed by atoms with Crippen LogP contribution in [0.5, 0.6) is 0 Å². The summed E-state index contributed by atoms with van der Waals surface area (Å²) in [5.74, 6) is 0.0651. The monoisotopic (exact) mass is 246 g/mol. The number of hydrogen-bond donors (Lipinski definition) is 2. The van der Waals surface area contributed by atoms with Gasteiger partial charge in [-0.05, 0) is 43.4 Å². The maximum Gasteiger partial charge on any atom is 0.234 e. The minimum atomic E-state index is -0.456. The maximum absolute atomic E-state index is 12.1. The predicted molar refractivity (Wildman–Crippen MR) is 74.7 cm³/mol. The van der Waals surface area contributed by atoms with Gasteiger partial charge in [-0.25, -0.2) is 0 Å². The lowest BCUT2D eigenvalue weighted by molar-refractivity contribution is -0.119. The SMILES string of the molecule is CCc1cc(C(N)CC)c2c(c1)C(C)(C)C(=O)N2. The van der Waals surface area contributed by atoms with E-state index < -0.39 is 5.41 Å². The van der Waals surface area contributed by atoms with Crippen LogP contribution in [-0.2, 0) is 16.6 Å². The zero-order chi connectivity index (χ0) is 13.5. The first-order valence-electron chi connectivity index (χ1n) is 6.66. The molecule has 2 rings (SSSR count). The highest BCUT2D eigenvalue weighted by Crippen LogP contribution is 2.42. The molecule has 0 fully saturated rings. The average Bonchev–Trinajstić information content (AvgIpc) is 2.59. The van der Waals surface area contributed by atoms with Crippen LogP contribution in [-0.4, -0.2) is 5.91 Å². The average molecular weight is 246 g/mol. The molecule has 0 saturated heterocycles. The molecule has 1 atom stereocenters. The normalized spacial score (nSPS) is 18.4. The molecule has 0 bridgehead atoms. The molecule has 3 nitrogen and oxygen atoms in total. The lowest BCUT2D eigenvalue weighted by Crippen LogP contribution is -2.26. The molecule has 0 saturated carbocycles. The molecule has 18 heavy (non-hydrogen) atoms. The van der Waals surface area contributed by atoms with Gasteiger partial charge in [-0.2, -0.15) is 0 Å². The van der Waals surface area contributed by atoms with Gasteiger partial charge in [0.15, 0.2) is 0 Å². The van der Waals surface area contributed by atoms with E-state index in [9.17, 15) is 4.79 Å². The Labute approximate surface area is 109 Å². The van der Waals surface area contributed by atoms with Gasteiger partial charge >= 0.3 is 0 Å². The van der Waals surface area contributed by atoms with Gasteiger partial charge in [-0.1, -0.05) is 26.0 Å². The lowest BCUT2D eigenvalue weighted by Gasteiger charge is -2.19. The summed E-state index contributed by atoms with van der Waals surface area (Å²) in [6, 6.07) is 4.26. The summed E-state index contributed by atoms with van der Waals surface area (Å²) in [5, 5.41) is 3.00. The topological polar surface area (TPSA) is 55.1 Å². The summed E-state index contributed by atoms with van der Waals surface area (Å²) < 4.78 is 0. The number of nitrogens with one attached hydrogen (secondary N) is 1. The van der Waals surface area contributed by atoms with Crippen LogP contribution in [0.4, 0.5) is 5.69 Å². The molecule has 0 aromatic heterocycles. The first-order valence-corrected chi connectivity index (χ1v) is 6.66. The number of carbonyl (C=O) groups is 1. The van der Waals surface area contributed by atoms with Crippen molar-refractivity contribution in [3.05, 3.63) is 28.8 Å². The molecule has 0 spiro atoms. The van der Waals surface area contributed by atoms with E-state index in [4.69, 9.17) is 5.73 Å². The Hall–Kier alpha value is -1.35. The van der Waals surface area contributed by atoms with Gasteiger partial charge in [0, 0.05) is 11.7 Å². The lowest BCUT2D eigenvalue weighted by atomic mass is 9.83. The van der Waals surface area contributed by atoms with Gasteiger partial charge in [0.2, 0.25) is 5.91 Å². The Bertz CT molecular complexity index is 492. The zero-order valence-corrected chi connectivity index (χ0v) is 11.6. The minimum Gasteiger partial charge on any atom is -0.325 e. The fraction of sp³-hybridized carbons (Fsp3) is 0.533.